The van der Waals surface area contributed by atoms with Gasteiger partial charge in [0.2, 0.25) is 6.41 Å². The van der Waals surface area contributed by atoms with Crippen LogP contribution < -0.4 is 0 Å². The van der Waals surface area contributed by atoms with Crippen LogP contribution in [0, 0.1) is 0 Å². The molecule has 1 N–H and O–H groups in total. The van der Waals surface area contributed by atoms with Crippen molar-refractivity contribution >= 4 is 12.3 Å². The van der Waals surface area contributed by atoms with Gasteiger partial charge in [0.15, 0.2) is 6.04 Å². The van der Waals surface area contributed by atoms with E-state index in [1.165, 1.54) is 0 Å². The van der Waals surface area contributed by atoms with Crippen molar-refractivity contribution in [3.05, 3.63) is 35.9 Å². The maximum Gasteiger partial charge on any atom is 0.274 e. The Balaban J connectivity index is 2.00. The molecule has 0 aliphatic carbocycles. The highest BCUT2D eigenvalue weighted by Crippen LogP contribution is 2.27. The molecular formula is C16H22N2O5. The van der Waals surface area contributed by atoms with Crippen molar-refractivity contribution in [1.29, 1.82) is 0 Å². The number of aliphatic hydroxyl groups is 1. The van der Waals surface area contributed by atoms with Crippen LogP contribution >= 0.6 is 0 Å². The lowest BCUT2D eigenvalue weighted by atomic mass is 9.99. The summed E-state index contributed by atoms with van der Waals surface area (Å²) >= 11 is 0. The second kappa shape index (κ2) is 7.08. The van der Waals surface area contributed by atoms with E-state index in [1.807, 2.05) is 30.3 Å². The first kappa shape index (κ1) is 17.4. The van der Waals surface area contributed by atoms with Crippen LogP contribution in [0.5, 0.6) is 0 Å². The standard InChI is InChI=1S/C16H22N2O5/c1-16(2,3)23-17(11-20)14-13(9-19)18(15(14)21)22-10-12-7-5-4-6-8-12/h4-8,11,13-14,19H,9-10H2,1-3H3/t13-,14+/m1/s1. The van der Waals surface area contributed by atoms with Gasteiger partial charge >= 0.3 is 0 Å². The van der Waals surface area contributed by atoms with Gasteiger partial charge in [0.25, 0.3) is 5.91 Å². The number of amides is 2. The Morgan fingerprint density at radius 1 is 1.30 bits per heavy atom. The summed E-state index contributed by atoms with van der Waals surface area (Å²) in [5.74, 6) is -0.420. The van der Waals surface area contributed by atoms with Crippen molar-refractivity contribution in [3.63, 3.8) is 0 Å². The monoisotopic (exact) mass is 322 g/mol. The van der Waals surface area contributed by atoms with Gasteiger partial charge in [0.1, 0.15) is 12.6 Å². The number of hydrogen-bond donors (Lipinski definition) is 1. The van der Waals surface area contributed by atoms with Crippen molar-refractivity contribution in [3.8, 4) is 0 Å². The molecule has 0 unspecified atom stereocenters. The van der Waals surface area contributed by atoms with Gasteiger partial charge in [-0.3, -0.25) is 19.3 Å². The number of benzene rings is 1. The minimum Gasteiger partial charge on any atom is -0.394 e. The van der Waals surface area contributed by atoms with Crippen LogP contribution in [-0.4, -0.2) is 51.8 Å². The highest BCUT2D eigenvalue weighted by molar-refractivity contribution is 5.89. The highest BCUT2D eigenvalue weighted by atomic mass is 16.7. The zero-order chi connectivity index (χ0) is 17.0. The number of nitrogens with zero attached hydrogens (tertiary/aromatic N) is 2. The fourth-order valence-corrected chi connectivity index (χ4v) is 2.29. The fourth-order valence-electron chi connectivity index (χ4n) is 2.29. The lowest BCUT2D eigenvalue weighted by Gasteiger charge is -2.48. The van der Waals surface area contributed by atoms with Crippen LogP contribution in [0.15, 0.2) is 30.3 Å². The first-order valence-corrected chi connectivity index (χ1v) is 7.41. The van der Waals surface area contributed by atoms with E-state index in [-0.39, 0.29) is 13.2 Å². The molecule has 1 aromatic rings. The molecular weight excluding hydrogens is 300 g/mol. The lowest BCUT2D eigenvalue weighted by molar-refractivity contribution is -0.298. The average Bonchev–Trinajstić information content (AvgIpc) is 2.51. The highest BCUT2D eigenvalue weighted by Gasteiger charge is 2.53. The smallest absolute Gasteiger partial charge is 0.274 e. The Hall–Kier alpha value is -1.96. The summed E-state index contributed by atoms with van der Waals surface area (Å²) in [6, 6.07) is 7.83. The Labute approximate surface area is 135 Å². The molecule has 2 atom stereocenters. The third-order valence-electron chi connectivity index (χ3n) is 3.29. The van der Waals surface area contributed by atoms with E-state index >= 15 is 0 Å². The van der Waals surface area contributed by atoms with Gasteiger partial charge in [-0.05, 0) is 26.3 Å². The number of hydroxylamine groups is 4. The predicted molar refractivity (Wildman–Crippen MR) is 81.5 cm³/mol. The van der Waals surface area contributed by atoms with Crippen molar-refractivity contribution < 1.29 is 24.4 Å². The van der Waals surface area contributed by atoms with Crippen molar-refractivity contribution in [2.45, 2.75) is 45.1 Å². The van der Waals surface area contributed by atoms with Crippen LogP contribution in [0.2, 0.25) is 0 Å². The molecule has 0 radical (unpaired) electrons. The summed E-state index contributed by atoms with van der Waals surface area (Å²) in [5.41, 5.74) is 0.269. The van der Waals surface area contributed by atoms with Gasteiger partial charge in [0, 0.05) is 0 Å². The summed E-state index contributed by atoms with van der Waals surface area (Å²) in [6.07, 6.45) is 0.449. The van der Waals surface area contributed by atoms with Crippen LogP contribution in [-0.2, 0) is 25.9 Å². The normalized spacial score (nSPS) is 21.0. The molecule has 23 heavy (non-hydrogen) atoms. The Kier molecular flexibility index (Phi) is 5.35. The van der Waals surface area contributed by atoms with Crippen molar-refractivity contribution in [2.75, 3.05) is 6.61 Å². The van der Waals surface area contributed by atoms with Gasteiger partial charge in [0.05, 0.1) is 12.2 Å². The Bertz CT molecular complexity index is 543. The zero-order valence-corrected chi connectivity index (χ0v) is 13.5. The Morgan fingerprint density at radius 3 is 2.48 bits per heavy atom. The number of aliphatic hydroxyl groups excluding tert-OH is 1. The van der Waals surface area contributed by atoms with Crippen molar-refractivity contribution in [1.82, 2.24) is 10.1 Å². The van der Waals surface area contributed by atoms with Crippen LogP contribution in [0.3, 0.4) is 0 Å². The van der Waals surface area contributed by atoms with Crippen LogP contribution in [0.1, 0.15) is 26.3 Å². The predicted octanol–water partition coefficient (Wildman–Crippen LogP) is 0.878. The summed E-state index contributed by atoms with van der Waals surface area (Å²) in [6.45, 7) is 5.18. The molecule has 1 heterocycles. The first-order valence-electron chi connectivity index (χ1n) is 7.41. The van der Waals surface area contributed by atoms with Gasteiger partial charge in [-0.25, -0.2) is 10.1 Å². The molecule has 0 spiro atoms. The molecule has 2 rings (SSSR count). The topological polar surface area (TPSA) is 79.3 Å². The third kappa shape index (κ3) is 4.07. The molecule has 0 aromatic heterocycles. The zero-order valence-electron chi connectivity index (χ0n) is 13.5. The molecule has 0 bridgehead atoms. The molecule has 2 amide bonds. The van der Waals surface area contributed by atoms with Crippen molar-refractivity contribution in [2.24, 2.45) is 0 Å². The summed E-state index contributed by atoms with van der Waals surface area (Å²) < 4.78 is 0. The largest absolute Gasteiger partial charge is 0.394 e. The van der Waals surface area contributed by atoms with Gasteiger partial charge < -0.3 is 5.11 Å². The van der Waals surface area contributed by atoms with Gasteiger partial charge in [-0.1, -0.05) is 30.3 Å². The van der Waals surface area contributed by atoms with Crippen LogP contribution in [0.25, 0.3) is 0 Å². The summed E-state index contributed by atoms with van der Waals surface area (Å²) in [4.78, 5) is 34.4. The second-order valence-corrected chi connectivity index (χ2v) is 6.29. The van der Waals surface area contributed by atoms with E-state index in [9.17, 15) is 14.7 Å². The molecule has 1 aliphatic heterocycles. The molecule has 0 saturated carbocycles. The summed E-state index contributed by atoms with van der Waals surface area (Å²) in [7, 11) is 0. The molecule has 1 aromatic carbocycles. The molecule has 1 fully saturated rings. The van der Waals surface area contributed by atoms with Crippen LogP contribution in [0.4, 0.5) is 0 Å². The van der Waals surface area contributed by atoms with E-state index in [2.05, 4.69) is 0 Å². The van der Waals surface area contributed by atoms with E-state index in [0.717, 1.165) is 15.7 Å². The molecule has 126 valence electrons. The maximum atomic E-state index is 12.2. The fraction of sp³-hybridized carbons (Fsp3) is 0.500. The van der Waals surface area contributed by atoms with E-state index in [1.54, 1.807) is 20.8 Å². The van der Waals surface area contributed by atoms with Gasteiger partial charge in [-0.15, -0.1) is 0 Å². The summed E-state index contributed by atoms with van der Waals surface area (Å²) in [5, 5.41) is 11.6. The lowest BCUT2D eigenvalue weighted by Crippen LogP contribution is -2.71. The minimum absolute atomic E-state index is 0.205. The Morgan fingerprint density at radius 2 is 1.96 bits per heavy atom. The average molecular weight is 322 g/mol. The number of carbonyl (C=O) groups excluding carboxylic acids is 2. The van der Waals surface area contributed by atoms with E-state index < -0.39 is 23.6 Å². The second-order valence-electron chi connectivity index (χ2n) is 6.29. The van der Waals surface area contributed by atoms with Gasteiger partial charge in [-0.2, -0.15) is 0 Å². The molecule has 7 heteroatoms. The molecule has 7 nitrogen and oxygen atoms in total. The SMILES string of the molecule is CC(C)(C)ON(C=O)[C@@H]1C(=O)N(OCc2ccccc2)[C@@H]1CO. The third-order valence-corrected chi connectivity index (χ3v) is 3.29. The van der Waals surface area contributed by atoms with E-state index in [4.69, 9.17) is 9.68 Å². The van der Waals surface area contributed by atoms with E-state index in [0.29, 0.717) is 6.41 Å². The number of rotatable bonds is 7. The quantitative estimate of drug-likeness (QED) is 0.458. The molecule has 1 saturated heterocycles. The molecule has 1 aliphatic rings. The first-order chi connectivity index (χ1) is 10.9. The minimum atomic E-state index is -0.882. The number of carbonyl (C=O) groups is 2. The number of hydrogen-bond acceptors (Lipinski definition) is 5. The number of β-lactam (4-membered cyclic amide) rings is 1. The maximum absolute atomic E-state index is 12.2.